The first-order valence-electron chi connectivity index (χ1n) is 12.0. The van der Waals surface area contributed by atoms with Crippen LogP contribution < -0.4 is 4.74 Å². The van der Waals surface area contributed by atoms with Gasteiger partial charge in [-0.15, -0.1) is 0 Å². The van der Waals surface area contributed by atoms with Crippen molar-refractivity contribution in [3.63, 3.8) is 0 Å². The molecule has 2 atom stereocenters. The molecule has 2 aromatic rings. The molecule has 0 spiro atoms. The summed E-state index contributed by atoms with van der Waals surface area (Å²) in [6, 6.07) is 8.32. The molecule has 1 heterocycles. The lowest BCUT2D eigenvalue weighted by molar-refractivity contribution is 0.101. The maximum Gasteiger partial charge on any atom is 0.165 e. The highest BCUT2D eigenvalue weighted by molar-refractivity contribution is 5.55. The lowest BCUT2D eigenvalue weighted by Gasteiger charge is -2.14. The topological polar surface area (TPSA) is 35.0 Å². The highest BCUT2D eigenvalue weighted by Crippen LogP contribution is 2.20. The molecule has 0 fully saturated rings. The quantitative estimate of drug-likeness (QED) is 0.255. The Morgan fingerprint density at radius 3 is 2.06 bits per heavy atom. The van der Waals surface area contributed by atoms with Crippen LogP contribution >= 0.6 is 0 Å². The van der Waals surface area contributed by atoms with Gasteiger partial charge in [0.2, 0.25) is 0 Å². The monoisotopic (exact) mass is 432 g/mol. The fourth-order valence-corrected chi connectivity index (χ4v) is 3.52. The number of ether oxygens (including phenoxy) is 1. The van der Waals surface area contributed by atoms with Crippen LogP contribution in [0.15, 0.2) is 36.7 Å². The first-order chi connectivity index (χ1) is 15.1. The lowest BCUT2D eigenvalue weighted by Crippen LogP contribution is -2.24. The highest BCUT2D eigenvalue weighted by Gasteiger charge is 2.20. The molecule has 0 N–H and O–H groups in total. The van der Waals surface area contributed by atoms with Gasteiger partial charge in [-0.05, 0) is 24.8 Å². The van der Waals surface area contributed by atoms with Gasteiger partial charge < -0.3 is 4.74 Å². The lowest BCUT2D eigenvalue weighted by atomic mass is 10.0. The number of rotatable bonds is 16. The first-order valence-corrected chi connectivity index (χ1v) is 12.0. The third-order valence-electron chi connectivity index (χ3n) is 5.54. The summed E-state index contributed by atoms with van der Waals surface area (Å²) in [6.45, 7) is 3.96. The van der Waals surface area contributed by atoms with Crippen molar-refractivity contribution < 1.29 is 13.5 Å². The first kappa shape index (κ1) is 25.2. The van der Waals surface area contributed by atoms with Gasteiger partial charge in [-0.3, -0.25) is 0 Å². The molecule has 0 amide bonds. The van der Waals surface area contributed by atoms with E-state index < -0.39 is 12.3 Å². The van der Waals surface area contributed by atoms with Crippen molar-refractivity contribution in [2.75, 3.05) is 6.61 Å². The van der Waals surface area contributed by atoms with Crippen LogP contribution in [0.1, 0.15) is 83.6 Å². The SMILES string of the molecule is CCCCCCCCc1ccc(-c2ncc(OCC(F)C(F)CCCCC)cn2)cc1. The van der Waals surface area contributed by atoms with E-state index in [1.54, 1.807) is 0 Å². The smallest absolute Gasteiger partial charge is 0.165 e. The van der Waals surface area contributed by atoms with Crippen molar-refractivity contribution >= 4 is 0 Å². The summed E-state index contributed by atoms with van der Waals surface area (Å²) in [5, 5.41) is 0. The Bertz CT molecular complexity index is 706. The molecule has 3 nitrogen and oxygen atoms in total. The van der Waals surface area contributed by atoms with Gasteiger partial charge >= 0.3 is 0 Å². The molecule has 5 heteroatoms. The van der Waals surface area contributed by atoms with Gasteiger partial charge in [-0.2, -0.15) is 0 Å². The number of aromatic nitrogens is 2. The fraction of sp³-hybridized carbons (Fsp3) is 0.615. The molecule has 1 aromatic heterocycles. The molecular weight excluding hydrogens is 394 g/mol. The summed E-state index contributed by atoms with van der Waals surface area (Å²) in [4.78, 5) is 8.63. The van der Waals surface area contributed by atoms with Crippen LogP contribution in [0.25, 0.3) is 11.4 Å². The molecule has 31 heavy (non-hydrogen) atoms. The van der Waals surface area contributed by atoms with E-state index in [1.165, 1.54) is 56.5 Å². The van der Waals surface area contributed by atoms with Crippen LogP contribution in [0.2, 0.25) is 0 Å². The Morgan fingerprint density at radius 1 is 0.774 bits per heavy atom. The summed E-state index contributed by atoms with van der Waals surface area (Å²) < 4.78 is 33.1. The van der Waals surface area contributed by atoms with Crippen LogP contribution in [-0.2, 0) is 6.42 Å². The van der Waals surface area contributed by atoms with E-state index in [4.69, 9.17) is 4.74 Å². The Balaban J connectivity index is 1.75. The third kappa shape index (κ3) is 9.75. The van der Waals surface area contributed by atoms with Gasteiger partial charge in [0.15, 0.2) is 17.7 Å². The van der Waals surface area contributed by atoms with Crippen LogP contribution in [0.3, 0.4) is 0 Å². The summed E-state index contributed by atoms with van der Waals surface area (Å²) in [5.41, 5.74) is 2.26. The van der Waals surface area contributed by atoms with E-state index in [0.717, 1.165) is 24.8 Å². The Morgan fingerprint density at radius 2 is 1.39 bits per heavy atom. The molecular formula is C26H38F2N2O. The number of unbranched alkanes of at least 4 members (excludes halogenated alkanes) is 7. The van der Waals surface area contributed by atoms with Gasteiger partial charge in [0.05, 0.1) is 12.4 Å². The van der Waals surface area contributed by atoms with Crippen molar-refractivity contribution in [1.82, 2.24) is 9.97 Å². The zero-order valence-corrected chi connectivity index (χ0v) is 19.2. The van der Waals surface area contributed by atoms with Crippen molar-refractivity contribution in [3.05, 3.63) is 42.2 Å². The standard InChI is InChI=1S/C26H38F2N2O/c1-3-5-7-8-9-11-12-21-14-16-22(17-15-21)26-29-18-23(19-30-26)31-20-25(28)24(27)13-10-6-4-2/h14-19,24-25H,3-13,20H2,1-2H3. The number of halogens is 2. The van der Waals surface area contributed by atoms with E-state index in [-0.39, 0.29) is 13.0 Å². The Labute approximate surface area is 186 Å². The van der Waals surface area contributed by atoms with Crippen LogP contribution in [0.5, 0.6) is 5.75 Å². The molecule has 0 radical (unpaired) electrons. The van der Waals surface area contributed by atoms with E-state index in [2.05, 4.69) is 29.0 Å². The van der Waals surface area contributed by atoms with E-state index in [0.29, 0.717) is 18.0 Å². The number of aryl methyl sites for hydroxylation is 1. The normalized spacial score (nSPS) is 13.2. The predicted octanol–water partition coefficient (Wildman–Crippen LogP) is 7.68. The minimum absolute atomic E-state index is 0.239. The van der Waals surface area contributed by atoms with E-state index in [1.807, 2.05) is 19.1 Å². The van der Waals surface area contributed by atoms with Gasteiger partial charge in [0.1, 0.15) is 12.8 Å². The van der Waals surface area contributed by atoms with Gasteiger partial charge in [-0.25, -0.2) is 18.7 Å². The molecule has 2 unspecified atom stereocenters. The van der Waals surface area contributed by atoms with Crippen molar-refractivity contribution in [1.29, 1.82) is 0 Å². The van der Waals surface area contributed by atoms with E-state index >= 15 is 0 Å². The minimum atomic E-state index is -1.63. The molecule has 172 valence electrons. The van der Waals surface area contributed by atoms with Crippen molar-refractivity contribution in [2.24, 2.45) is 0 Å². The van der Waals surface area contributed by atoms with Crippen molar-refractivity contribution in [3.8, 4) is 17.1 Å². The van der Waals surface area contributed by atoms with Crippen LogP contribution in [0.4, 0.5) is 8.78 Å². The average Bonchev–Trinajstić information content (AvgIpc) is 2.80. The minimum Gasteiger partial charge on any atom is -0.487 e. The predicted molar refractivity (Wildman–Crippen MR) is 124 cm³/mol. The number of nitrogens with zero attached hydrogens (tertiary/aromatic N) is 2. The van der Waals surface area contributed by atoms with Gasteiger partial charge in [0.25, 0.3) is 0 Å². The number of benzene rings is 1. The molecule has 2 rings (SSSR count). The third-order valence-corrected chi connectivity index (χ3v) is 5.54. The number of hydrogen-bond acceptors (Lipinski definition) is 3. The summed E-state index contributed by atoms with van der Waals surface area (Å²) >= 11 is 0. The number of alkyl halides is 2. The zero-order valence-electron chi connectivity index (χ0n) is 19.2. The summed E-state index contributed by atoms with van der Waals surface area (Å²) in [7, 11) is 0. The molecule has 0 aliphatic heterocycles. The summed E-state index contributed by atoms with van der Waals surface area (Å²) in [6.07, 6.45) is 11.7. The van der Waals surface area contributed by atoms with Gasteiger partial charge in [-0.1, -0.05) is 89.5 Å². The Hall–Kier alpha value is -2.04. The maximum atomic E-state index is 13.9. The molecule has 1 aromatic carbocycles. The highest BCUT2D eigenvalue weighted by atomic mass is 19.2. The second kappa shape index (κ2) is 14.9. The maximum absolute atomic E-state index is 13.9. The fourth-order valence-electron chi connectivity index (χ4n) is 3.52. The van der Waals surface area contributed by atoms with E-state index in [9.17, 15) is 8.78 Å². The molecule has 0 aliphatic carbocycles. The largest absolute Gasteiger partial charge is 0.487 e. The number of hydrogen-bond donors (Lipinski definition) is 0. The summed E-state index contributed by atoms with van der Waals surface area (Å²) in [5.74, 6) is 0.949. The molecule has 0 saturated heterocycles. The molecule has 0 bridgehead atoms. The van der Waals surface area contributed by atoms with Gasteiger partial charge in [0, 0.05) is 5.56 Å². The van der Waals surface area contributed by atoms with Crippen LogP contribution in [-0.4, -0.2) is 28.9 Å². The Kier molecular flexibility index (Phi) is 12.1. The molecule has 0 saturated carbocycles. The van der Waals surface area contributed by atoms with Crippen molar-refractivity contribution in [2.45, 2.75) is 96.8 Å². The second-order valence-corrected chi connectivity index (χ2v) is 8.30. The average molecular weight is 433 g/mol. The molecule has 0 aliphatic rings. The zero-order chi connectivity index (χ0) is 22.3. The second-order valence-electron chi connectivity index (χ2n) is 8.30. The van der Waals surface area contributed by atoms with Crippen LogP contribution in [0, 0.1) is 0 Å².